The maximum atomic E-state index is 3.48. The molecule has 0 saturated carbocycles. The monoisotopic (exact) mass is 269 g/mol. The molecule has 1 aliphatic rings. The van der Waals surface area contributed by atoms with Crippen molar-refractivity contribution in [2.24, 2.45) is 0 Å². The van der Waals surface area contributed by atoms with Crippen LogP contribution in [-0.4, -0.2) is 62.2 Å². The second kappa shape index (κ2) is 10.6. The third-order valence-corrected chi connectivity index (χ3v) is 4.02. The molecule has 3 nitrogen and oxygen atoms in total. The van der Waals surface area contributed by atoms with Crippen molar-refractivity contribution in [3.63, 3.8) is 0 Å². The van der Waals surface area contributed by atoms with Gasteiger partial charge in [-0.3, -0.25) is 0 Å². The Bertz CT molecular complexity index is 200. The summed E-state index contributed by atoms with van der Waals surface area (Å²) in [5.41, 5.74) is 0. The molecule has 1 fully saturated rings. The summed E-state index contributed by atoms with van der Waals surface area (Å²) >= 11 is 0. The molecule has 0 bridgehead atoms. The molecule has 114 valence electrons. The average molecular weight is 269 g/mol. The van der Waals surface area contributed by atoms with E-state index in [-0.39, 0.29) is 0 Å². The molecule has 0 radical (unpaired) electrons. The SMILES string of the molecule is CC(C)NCCCCCCN(C)CCN1CCCC1. The van der Waals surface area contributed by atoms with Crippen LogP contribution in [0.15, 0.2) is 0 Å². The topological polar surface area (TPSA) is 18.5 Å². The van der Waals surface area contributed by atoms with Gasteiger partial charge in [0.15, 0.2) is 0 Å². The highest BCUT2D eigenvalue weighted by Crippen LogP contribution is 2.07. The molecule has 0 atom stereocenters. The van der Waals surface area contributed by atoms with E-state index in [9.17, 15) is 0 Å². The van der Waals surface area contributed by atoms with E-state index in [1.807, 2.05) is 0 Å². The first-order valence-electron chi connectivity index (χ1n) is 8.33. The molecular formula is C16H35N3. The normalized spacial score (nSPS) is 16.9. The van der Waals surface area contributed by atoms with Gasteiger partial charge in [0.05, 0.1) is 0 Å². The Morgan fingerprint density at radius 1 is 1.00 bits per heavy atom. The fourth-order valence-corrected chi connectivity index (χ4v) is 2.68. The van der Waals surface area contributed by atoms with E-state index in [1.165, 1.54) is 77.8 Å². The van der Waals surface area contributed by atoms with Gasteiger partial charge >= 0.3 is 0 Å². The van der Waals surface area contributed by atoms with E-state index in [1.54, 1.807) is 0 Å². The van der Waals surface area contributed by atoms with Crippen molar-refractivity contribution >= 4 is 0 Å². The smallest absolute Gasteiger partial charge is 0.0109 e. The first kappa shape index (κ1) is 16.9. The van der Waals surface area contributed by atoms with Gasteiger partial charge in [-0.2, -0.15) is 0 Å². The highest BCUT2D eigenvalue weighted by atomic mass is 15.2. The van der Waals surface area contributed by atoms with Crippen LogP contribution in [0, 0.1) is 0 Å². The van der Waals surface area contributed by atoms with Crippen LogP contribution in [0.4, 0.5) is 0 Å². The second-order valence-corrected chi connectivity index (χ2v) is 6.38. The number of likely N-dealkylation sites (tertiary alicyclic amines) is 1. The molecule has 0 spiro atoms. The molecule has 1 N–H and O–H groups in total. The van der Waals surface area contributed by atoms with Gasteiger partial charge in [0.2, 0.25) is 0 Å². The predicted octanol–water partition coefficient (Wildman–Crippen LogP) is 2.57. The van der Waals surface area contributed by atoms with Crippen molar-refractivity contribution in [2.75, 3.05) is 46.3 Å². The van der Waals surface area contributed by atoms with Crippen LogP contribution in [0.2, 0.25) is 0 Å². The summed E-state index contributed by atoms with van der Waals surface area (Å²) in [7, 11) is 2.27. The number of rotatable bonds is 11. The molecule has 0 aromatic rings. The van der Waals surface area contributed by atoms with Gasteiger partial charge in [-0.1, -0.05) is 26.7 Å². The summed E-state index contributed by atoms with van der Waals surface area (Å²) in [6.07, 6.45) is 8.27. The molecule has 0 amide bonds. The number of hydrogen-bond acceptors (Lipinski definition) is 3. The number of unbranched alkanes of at least 4 members (excludes halogenated alkanes) is 3. The zero-order valence-corrected chi connectivity index (χ0v) is 13.5. The molecule has 1 rings (SSSR count). The standard InChI is InChI=1S/C16H35N3/c1-16(2)17-10-6-4-5-7-11-18(3)14-15-19-12-8-9-13-19/h16-17H,4-15H2,1-3H3. The van der Waals surface area contributed by atoms with Crippen LogP contribution in [0.5, 0.6) is 0 Å². The van der Waals surface area contributed by atoms with Gasteiger partial charge in [0.1, 0.15) is 0 Å². The van der Waals surface area contributed by atoms with Crippen molar-refractivity contribution < 1.29 is 0 Å². The van der Waals surface area contributed by atoms with Crippen molar-refractivity contribution in [2.45, 2.75) is 58.4 Å². The Kier molecular flexibility index (Phi) is 9.48. The summed E-state index contributed by atoms with van der Waals surface area (Å²) in [5, 5.41) is 3.48. The summed E-state index contributed by atoms with van der Waals surface area (Å²) in [5.74, 6) is 0. The maximum absolute atomic E-state index is 3.48. The molecule has 0 aromatic carbocycles. The van der Waals surface area contributed by atoms with Crippen LogP contribution in [-0.2, 0) is 0 Å². The zero-order chi connectivity index (χ0) is 13.9. The fourth-order valence-electron chi connectivity index (χ4n) is 2.68. The molecule has 3 heteroatoms. The number of likely N-dealkylation sites (N-methyl/N-ethyl adjacent to an activating group) is 1. The summed E-state index contributed by atoms with van der Waals surface area (Å²) in [6, 6.07) is 0.636. The lowest BCUT2D eigenvalue weighted by atomic mass is 10.2. The molecule has 0 unspecified atom stereocenters. The first-order chi connectivity index (χ1) is 9.18. The second-order valence-electron chi connectivity index (χ2n) is 6.38. The van der Waals surface area contributed by atoms with Crippen LogP contribution >= 0.6 is 0 Å². The summed E-state index contributed by atoms with van der Waals surface area (Å²) in [4.78, 5) is 5.11. The lowest BCUT2D eigenvalue weighted by molar-refractivity contribution is 0.253. The molecule has 1 heterocycles. The van der Waals surface area contributed by atoms with Crippen molar-refractivity contribution in [3.05, 3.63) is 0 Å². The Balaban J connectivity index is 1.82. The molecule has 1 aliphatic heterocycles. The van der Waals surface area contributed by atoms with Gasteiger partial charge in [0.25, 0.3) is 0 Å². The largest absolute Gasteiger partial charge is 0.315 e. The zero-order valence-electron chi connectivity index (χ0n) is 13.5. The molecule has 1 saturated heterocycles. The molecule has 19 heavy (non-hydrogen) atoms. The van der Waals surface area contributed by atoms with Gasteiger partial charge in [-0.25, -0.2) is 0 Å². The first-order valence-corrected chi connectivity index (χ1v) is 8.33. The minimum Gasteiger partial charge on any atom is -0.315 e. The van der Waals surface area contributed by atoms with E-state index in [4.69, 9.17) is 0 Å². The van der Waals surface area contributed by atoms with Gasteiger partial charge in [0, 0.05) is 19.1 Å². The Hall–Kier alpha value is -0.120. The van der Waals surface area contributed by atoms with E-state index in [2.05, 4.69) is 36.0 Å². The van der Waals surface area contributed by atoms with Gasteiger partial charge < -0.3 is 15.1 Å². The van der Waals surface area contributed by atoms with Gasteiger partial charge in [-0.15, -0.1) is 0 Å². The van der Waals surface area contributed by atoms with Crippen LogP contribution in [0.3, 0.4) is 0 Å². The number of hydrogen-bond donors (Lipinski definition) is 1. The van der Waals surface area contributed by atoms with Crippen molar-refractivity contribution in [3.8, 4) is 0 Å². The summed E-state index contributed by atoms with van der Waals surface area (Å²) < 4.78 is 0. The maximum Gasteiger partial charge on any atom is 0.0109 e. The van der Waals surface area contributed by atoms with Crippen LogP contribution < -0.4 is 5.32 Å². The fraction of sp³-hybridized carbons (Fsp3) is 1.00. The Morgan fingerprint density at radius 3 is 2.37 bits per heavy atom. The third-order valence-electron chi connectivity index (χ3n) is 4.02. The third kappa shape index (κ3) is 9.42. The number of nitrogens with one attached hydrogen (secondary N) is 1. The summed E-state index contributed by atoms with van der Waals surface area (Å²) in [6.45, 7) is 12.1. The Morgan fingerprint density at radius 2 is 1.68 bits per heavy atom. The van der Waals surface area contributed by atoms with Crippen molar-refractivity contribution in [1.29, 1.82) is 0 Å². The van der Waals surface area contributed by atoms with E-state index in [0.29, 0.717) is 6.04 Å². The van der Waals surface area contributed by atoms with Crippen LogP contribution in [0.25, 0.3) is 0 Å². The highest BCUT2D eigenvalue weighted by molar-refractivity contribution is 4.67. The van der Waals surface area contributed by atoms with E-state index in [0.717, 1.165) is 0 Å². The molecule has 0 aliphatic carbocycles. The number of nitrogens with zero attached hydrogens (tertiary/aromatic N) is 2. The minimum absolute atomic E-state index is 0.636. The molecule has 0 aromatic heterocycles. The van der Waals surface area contributed by atoms with E-state index >= 15 is 0 Å². The quantitative estimate of drug-likeness (QED) is 0.582. The average Bonchev–Trinajstić information content (AvgIpc) is 2.88. The minimum atomic E-state index is 0.636. The van der Waals surface area contributed by atoms with Gasteiger partial charge in [-0.05, 0) is 58.9 Å². The van der Waals surface area contributed by atoms with Crippen LogP contribution in [0.1, 0.15) is 52.4 Å². The highest BCUT2D eigenvalue weighted by Gasteiger charge is 2.11. The van der Waals surface area contributed by atoms with Crippen molar-refractivity contribution in [1.82, 2.24) is 15.1 Å². The predicted molar refractivity (Wildman–Crippen MR) is 84.8 cm³/mol. The molecular weight excluding hydrogens is 234 g/mol. The lowest BCUT2D eigenvalue weighted by Crippen LogP contribution is -2.32. The Labute approximate surface area is 120 Å². The lowest BCUT2D eigenvalue weighted by Gasteiger charge is -2.21. The van der Waals surface area contributed by atoms with E-state index < -0.39 is 0 Å².